The first-order valence-electron chi connectivity index (χ1n) is 8.43. The fourth-order valence-corrected chi connectivity index (χ4v) is 4.04. The molecule has 2 amide bonds. The first-order valence-corrected chi connectivity index (χ1v) is 10.6. The van der Waals surface area contributed by atoms with Gasteiger partial charge in [-0.25, -0.2) is 0 Å². The number of methoxy groups -OCH3 is 1. The third-order valence-electron chi connectivity index (χ3n) is 3.76. The average molecular weight is 449 g/mol. The number of rotatable bonds is 7. The molecule has 7 nitrogen and oxygen atoms in total. The summed E-state index contributed by atoms with van der Waals surface area (Å²) in [5, 5.41) is 14.3. The lowest BCUT2D eigenvalue weighted by Crippen LogP contribution is -2.13. The van der Waals surface area contributed by atoms with Crippen molar-refractivity contribution in [3.8, 4) is 5.75 Å². The summed E-state index contributed by atoms with van der Waals surface area (Å²) in [5.41, 5.74) is 1.97. The van der Waals surface area contributed by atoms with Crippen molar-refractivity contribution in [1.82, 2.24) is 10.2 Å². The van der Waals surface area contributed by atoms with Gasteiger partial charge in [-0.3, -0.25) is 14.9 Å². The number of ether oxygens (including phenoxy) is 1. The molecule has 0 bridgehead atoms. The van der Waals surface area contributed by atoms with Crippen molar-refractivity contribution in [1.29, 1.82) is 0 Å². The highest BCUT2D eigenvalue weighted by molar-refractivity contribution is 8.01. The molecular weight excluding hydrogens is 432 g/mol. The van der Waals surface area contributed by atoms with Gasteiger partial charge in [0.15, 0.2) is 4.34 Å². The van der Waals surface area contributed by atoms with Crippen molar-refractivity contribution in [3.05, 3.63) is 58.6 Å². The maximum atomic E-state index is 12.4. The molecule has 3 aromatic rings. The Morgan fingerprint density at radius 3 is 2.72 bits per heavy atom. The van der Waals surface area contributed by atoms with E-state index in [2.05, 4.69) is 20.8 Å². The molecule has 0 aliphatic carbocycles. The zero-order chi connectivity index (χ0) is 20.8. The summed E-state index contributed by atoms with van der Waals surface area (Å²) in [7, 11) is 1.50. The minimum absolute atomic E-state index is 0.153. The highest BCUT2D eigenvalue weighted by atomic mass is 35.5. The van der Waals surface area contributed by atoms with Crippen molar-refractivity contribution in [2.75, 3.05) is 23.5 Å². The van der Waals surface area contributed by atoms with E-state index < -0.39 is 0 Å². The molecule has 29 heavy (non-hydrogen) atoms. The number of nitrogens with zero attached hydrogens (tertiary/aromatic N) is 2. The highest BCUT2D eigenvalue weighted by Crippen LogP contribution is 2.27. The van der Waals surface area contributed by atoms with Gasteiger partial charge in [0.2, 0.25) is 11.0 Å². The number of hydrogen-bond donors (Lipinski definition) is 2. The van der Waals surface area contributed by atoms with Crippen LogP contribution in [0.2, 0.25) is 5.02 Å². The van der Waals surface area contributed by atoms with Crippen LogP contribution < -0.4 is 15.4 Å². The predicted octanol–water partition coefficient (Wildman–Crippen LogP) is 4.49. The molecular formula is C19H17ClN4O3S2. The zero-order valence-corrected chi connectivity index (χ0v) is 18.0. The standard InChI is InChI=1S/C19H17ClN4O3S2/c1-11-7-8-12(9-14(11)20)21-16(25)10-28-19-24-23-18(29-19)22-17(26)13-5-3-4-6-15(13)27-2/h3-9H,10H2,1-2H3,(H,21,25)(H,22,23,26). The fourth-order valence-electron chi connectivity index (χ4n) is 2.31. The second kappa shape index (κ2) is 9.73. The van der Waals surface area contributed by atoms with E-state index in [1.54, 1.807) is 36.4 Å². The summed E-state index contributed by atoms with van der Waals surface area (Å²) in [4.78, 5) is 24.5. The van der Waals surface area contributed by atoms with E-state index in [0.717, 1.165) is 5.56 Å². The largest absolute Gasteiger partial charge is 0.496 e. The number of carbonyl (C=O) groups is 2. The summed E-state index contributed by atoms with van der Waals surface area (Å²) in [6.45, 7) is 1.89. The molecule has 1 aromatic heterocycles. The Kier molecular flexibility index (Phi) is 7.08. The molecule has 1 heterocycles. The van der Waals surface area contributed by atoms with E-state index in [4.69, 9.17) is 16.3 Å². The molecule has 2 N–H and O–H groups in total. The van der Waals surface area contributed by atoms with Crippen LogP contribution in [0.15, 0.2) is 46.8 Å². The highest BCUT2D eigenvalue weighted by Gasteiger charge is 2.15. The molecule has 0 atom stereocenters. The van der Waals surface area contributed by atoms with Crippen molar-refractivity contribution >= 4 is 57.3 Å². The quantitative estimate of drug-likeness (QED) is 0.408. The van der Waals surface area contributed by atoms with Gasteiger partial charge in [0.25, 0.3) is 5.91 Å². The van der Waals surface area contributed by atoms with Crippen LogP contribution in [0.1, 0.15) is 15.9 Å². The van der Waals surface area contributed by atoms with Crippen LogP contribution in [0.3, 0.4) is 0 Å². The molecule has 0 fully saturated rings. The SMILES string of the molecule is COc1ccccc1C(=O)Nc1nnc(SCC(=O)Nc2ccc(C)c(Cl)c2)s1. The lowest BCUT2D eigenvalue weighted by Gasteiger charge is -2.06. The maximum absolute atomic E-state index is 12.4. The average Bonchev–Trinajstić information content (AvgIpc) is 3.16. The number of benzene rings is 2. The molecule has 0 unspecified atom stereocenters. The first kappa shape index (κ1) is 21.1. The normalized spacial score (nSPS) is 10.4. The third-order valence-corrected chi connectivity index (χ3v) is 6.14. The molecule has 0 aliphatic rings. The van der Waals surface area contributed by atoms with E-state index in [1.165, 1.54) is 30.2 Å². The van der Waals surface area contributed by atoms with E-state index >= 15 is 0 Å². The van der Waals surface area contributed by atoms with E-state index in [-0.39, 0.29) is 17.6 Å². The fraction of sp³-hybridized carbons (Fsp3) is 0.158. The zero-order valence-electron chi connectivity index (χ0n) is 15.6. The van der Waals surface area contributed by atoms with Crippen molar-refractivity contribution in [3.63, 3.8) is 0 Å². The second-order valence-corrected chi connectivity index (χ2v) is 8.44. The van der Waals surface area contributed by atoms with Gasteiger partial charge >= 0.3 is 0 Å². The number of nitrogens with one attached hydrogen (secondary N) is 2. The molecule has 2 aromatic carbocycles. The molecule has 0 saturated heterocycles. The smallest absolute Gasteiger partial charge is 0.261 e. The minimum atomic E-state index is -0.343. The van der Waals surface area contributed by atoms with Crippen LogP contribution in [-0.4, -0.2) is 34.9 Å². The van der Waals surface area contributed by atoms with Crippen LogP contribution in [0.25, 0.3) is 0 Å². The Labute approximate surface area is 180 Å². The number of carbonyl (C=O) groups excluding carboxylic acids is 2. The summed E-state index contributed by atoms with van der Waals surface area (Å²) >= 11 is 8.48. The Hall–Kier alpha value is -2.62. The summed E-state index contributed by atoms with van der Waals surface area (Å²) in [6, 6.07) is 12.2. The van der Waals surface area contributed by atoms with Gasteiger partial charge in [-0.15, -0.1) is 10.2 Å². The maximum Gasteiger partial charge on any atom is 0.261 e. The van der Waals surface area contributed by atoms with Gasteiger partial charge in [0, 0.05) is 10.7 Å². The molecule has 0 saturated carbocycles. The van der Waals surface area contributed by atoms with Crippen molar-refractivity contribution in [2.24, 2.45) is 0 Å². The van der Waals surface area contributed by atoms with E-state index in [0.29, 0.717) is 31.5 Å². The Morgan fingerprint density at radius 1 is 1.17 bits per heavy atom. The van der Waals surface area contributed by atoms with Crippen LogP contribution in [-0.2, 0) is 4.79 Å². The van der Waals surface area contributed by atoms with Crippen molar-refractivity contribution < 1.29 is 14.3 Å². The number of para-hydroxylation sites is 1. The lowest BCUT2D eigenvalue weighted by molar-refractivity contribution is -0.113. The summed E-state index contributed by atoms with van der Waals surface area (Å²) in [5.74, 6) is 0.0893. The summed E-state index contributed by atoms with van der Waals surface area (Å²) in [6.07, 6.45) is 0. The van der Waals surface area contributed by atoms with Crippen LogP contribution in [0.5, 0.6) is 5.75 Å². The van der Waals surface area contributed by atoms with Gasteiger partial charge in [-0.05, 0) is 36.8 Å². The molecule has 150 valence electrons. The number of aromatic nitrogens is 2. The first-order chi connectivity index (χ1) is 14.0. The number of hydrogen-bond acceptors (Lipinski definition) is 7. The molecule has 10 heteroatoms. The number of halogens is 1. The van der Waals surface area contributed by atoms with Crippen LogP contribution in [0.4, 0.5) is 10.8 Å². The minimum Gasteiger partial charge on any atom is -0.496 e. The molecule has 0 aliphatic heterocycles. The number of amides is 2. The summed E-state index contributed by atoms with van der Waals surface area (Å²) < 4.78 is 5.75. The van der Waals surface area contributed by atoms with Gasteiger partial charge in [0.05, 0.1) is 18.4 Å². The van der Waals surface area contributed by atoms with E-state index in [1.807, 2.05) is 13.0 Å². The van der Waals surface area contributed by atoms with Crippen LogP contribution >= 0.6 is 34.7 Å². The van der Waals surface area contributed by atoms with Gasteiger partial charge < -0.3 is 10.1 Å². The monoisotopic (exact) mass is 448 g/mol. The Morgan fingerprint density at radius 2 is 1.97 bits per heavy atom. The van der Waals surface area contributed by atoms with E-state index in [9.17, 15) is 9.59 Å². The predicted molar refractivity (Wildman–Crippen MR) is 116 cm³/mol. The van der Waals surface area contributed by atoms with Gasteiger partial charge in [-0.1, -0.05) is 52.9 Å². The molecule has 0 spiro atoms. The third kappa shape index (κ3) is 5.69. The second-order valence-electron chi connectivity index (χ2n) is 5.83. The van der Waals surface area contributed by atoms with Crippen LogP contribution in [0, 0.1) is 6.92 Å². The Balaban J connectivity index is 1.54. The topological polar surface area (TPSA) is 93.2 Å². The number of thioether (sulfide) groups is 1. The Bertz CT molecular complexity index is 1040. The number of aryl methyl sites for hydroxylation is 1. The molecule has 0 radical (unpaired) electrons. The lowest BCUT2D eigenvalue weighted by atomic mass is 10.2. The molecule has 3 rings (SSSR count). The van der Waals surface area contributed by atoms with Crippen molar-refractivity contribution in [2.45, 2.75) is 11.3 Å². The van der Waals surface area contributed by atoms with Gasteiger partial charge in [-0.2, -0.15) is 0 Å². The number of anilines is 2. The van der Waals surface area contributed by atoms with Gasteiger partial charge in [0.1, 0.15) is 5.75 Å².